The first-order valence-corrected chi connectivity index (χ1v) is 8.84. The van der Waals surface area contributed by atoms with Gasteiger partial charge in [-0.1, -0.05) is 30.0 Å². The van der Waals surface area contributed by atoms with E-state index in [9.17, 15) is 4.79 Å². The van der Waals surface area contributed by atoms with Crippen LogP contribution >= 0.6 is 11.8 Å². The van der Waals surface area contributed by atoms with Gasteiger partial charge in [-0.15, -0.1) is 0 Å². The van der Waals surface area contributed by atoms with Gasteiger partial charge in [-0.3, -0.25) is 4.79 Å². The maximum atomic E-state index is 12.1. The molecule has 1 N–H and O–H groups in total. The Labute approximate surface area is 155 Å². The van der Waals surface area contributed by atoms with Crippen LogP contribution in [-0.2, 0) is 4.79 Å². The molecule has 0 aliphatic carbocycles. The van der Waals surface area contributed by atoms with Gasteiger partial charge in [-0.25, -0.2) is 4.98 Å². The standard InChI is InChI=1S/C20H15N3O2S/c21-13-15-5-4-12-22-20(15)26-14-19(24)23-16-8-10-18(11-9-16)25-17-6-2-1-3-7-17/h1-12H,14H2,(H,23,24). The lowest BCUT2D eigenvalue weighted by atomic mass is 10.3. The Morgan fingerprint density at radius 2 is 1.77 bits per heavy atom. The van der Waals surface area contributed by atoms with Crippen LogP contribution in [0.15, 0.2) is 78.0 Å². The summed E-state index contributed by atoms with van der Waals surface area (Å²) < 4.78 is 5.71. The van der Waals surface area contributed by atoms with E-state index in [-0.39, 0.29) is 11.7 Å². The van der Waals surface area contributed by atoms with Gasteiger partial charge < -0.3 is 10.1 Å². The van der Waals surface area contributed by atoms with E-state index in [0.717, 1.165) is 5.75 Å². The number of aromatic nitrogens is 1. The highest BCUT2D eigenvalue weighted by Crippen LogP contribution is 2.23. The normalized spacial score (nSPS) is 9.96. The number of benzene rings is 2. The number of rotatable bonds is 6. The van der Waals surface area contributed by atoms with Gasteiger partial charge in [0.25, 0.3) is 0 Å². The van der Waals surface area contributed by atoms with Crippen LogP contribution in [0.1, 0.15) is 5.56 Å². The van der Waals surface area contributed by atoms with E-state index in [2.05, 4.69) is 16.4 Å². The minimum atomic E-state index is -0.165. The molecule has 0 bridgehead atoms. The van der Waals surface area contributed by atoms with Crippen LogP contribution in [0, 0.1) is 11.3 Å². The van der Waals surface area contributed by atoms with Crippen molar-refractivity contribution < 1.29 is 9.53 Å². The van der Waals surface area contributed by atoms with Gasteiger partial charge in [0.2, 0.25) is 5.91 Å². The summed E-state index contributed by atoms with van der Waals surface area (Å²) in [7, 11) is 0. The molecule has 0 unspecified atom stereocenters. The lowest BCUT2D eigenvalue weighted by molar-refractivity contribution is -0.113. The number of nitrogens with zero attached hydrogens (tertiary/aromatic N) is 2. The van der Waals surface area contributed by atoms with Gasteiger partial charge in [0.05, 0.1) is 11.3 Å². The summed E-state index contributed by atoms with van der Waals surface area (Å²) in [4.78, 5) is 16.2. The first-order valence-electron chi connectivity index (χ1n) is 7.85. The monoisotopic (exact) mass is 361 g/mol. The number of anilines is 1. The molecular formula is C20H15N3O2S. The Balaban J connectivity index is 1.54. The Bertz CT molecular complexity index is 922. The number of hydrogen-bond acceptors (Lipinski definition) is 5. The predicted octanol–water partition coefficient (Wildman–Crippen LogP) is 4.48. The first-order chi connectivity index (χ1) is 12.7. The van der Waals surface area contributed by atoms with Crippen LogP contribution < -0.4 is 10.1 Å². The van der Waals surface area contributed by atoms with E-state index in [1.807, 2.05) is 30.3 Å². The second kappa shape index (κ2) is 8.70. The van der Waals surface area contributed by atoms with Crippen LogP contribution in [0.3, 0.4) is 0 Å². The van der Waals surface area contributed by atoms with E-state index < -0.39 is 0 Å². The number of hydrogen-bond donors (Lipinski definition) is 1. The lowest BCUT2D eigenvalue weighted by Crippen LogP contribution is -2.14. The first kappa shape index (κ1) is 17.5. The Hall–Kier alpha value is -3.30. The van der Waals surface area contributed by atoms with Crippen LogP contribution in [0.2, 0.25) is 0 Å². The largest absolute Gasteiger partial charge is 0.457 e. The molecule has 6 heteroatoms. The fourth-order valence-corrected chi connectivity index (χ4v) is 2.90. The fraction of sp³-hybridized carbons (Fsp3) is 0.0500. The summed E-state index contributed by atoms with van der Waals surface area (Å²) in [6.45, 7) is 0. The molecule has 3 rings (SSSR count). The Morgan fingerprint density at radius 3 is 2.50 bits per heavy atom. The average Bonchev–Trinajstić information content (AvgIpc) is 2.69. The number of nitrogens with one attached hydrogen (secondary N) is 1. The van der Waals surface area contributed by atoms with Gasteiger partial charge in [-0.2, -0.15) is 5.26 Å². The lowest BCUT2D eigenvalue weighted by Gasteiger charge is -2.08. The third kappa shape index (κ3) is 4.85. The van der Waals surface area contributed by atoms with E-state index in [1.165, 1.54) is 11.8 Å². The van der Waals surface area contributed by atoms with E-state index >= 15 is 0 Å². The predicted molar refractivity (Wildman–Crippen MR) is 101 cm³/mol. The second-order valence-corrected chi connectivity index (χ2v) is 6.21. The molecule has 0 atom stereocenters. The summed E-state index contributed by atoms with van der Waals surface area (Å²) in [6.07, 6.45) is 1.60. The summed E-state index contributed by atoms with van der Waals surface area (Å²) in [5.74, 6) is 1.45. The highest BCUT2D eigenvalue weighted by Gasteiger charge is 2.08. The number of thioether (sulfide) groups is 1. The molecule has 26 heavy (non-hydrogen) atoms. The number of carbonyl (C=O) groups excluding carboxylic acids is 1. The van der Waals surface area contributed by atoms with Crippen molar-refractivity contribution in [1.29, 1.82) is 5.26 Å². The number of ether oxygens (including phenoxy) is 1. The van der Waals surface area contributed by atoms with Crippen molar-refractivity contribution in [2.75, 3.05) is 11.1 Å². The molecule has 0 aliphatic heterocycles. The number of para-hydroxylation sites is 1. The van der Waals surface area contributed by atoms with Crippen molar-refractivity contribution in [3.8, 4) is 17.6 Å². The van der Waals surface area contributed by atoms with E-state index in [1.54, 1.807) is 42.6 Å². The van der Waals surface area contributed by atoms with Gasteiger partial charge in [0.1, 0.15) is 22.6 Å². The molecule has 3 aromatic rings. The third-order valence-corrected chi connectivity index (χ3v) is 4.35. The van der Waals surface area contributed by atoms with Gasteiger partial charge in [0, 0.05) is 11.9 Å². The molecule has 1 aromatic heterocycles. The third-order valence-electron chi connectivity index (χ3n) is 3.35. The molecule has 0 fully saturated rings. The quantitative estimate of drug-likeness (QED) is 0.655. The zero-order chi connectivity index (χ0) is 18.2. The Kier molecular flexibility index (Phi) is 5.86. The number of amides is 1. The van der Waals surface area contributed by atoms with Gasteiger partial charge in [0.15, 0.2) is 0 Å². The van der Waals surface area contributed by atoms with Crippen molar-refractivity contribution in [1.82, 2.24) is 4.98 Å². The van der Waals surface area contributed by atoms with Crippen LogP contribution in [-0.4, -0.2) is 16.6 Å². The van der Waals surface area contributed by atoms with Crippen LogP contribution in [0.25, 0.3) is 0 Å². The molecule has 0 saturated heterocycles. The minimum absolute atomic E-state index is 0.165. The molecule has 2 aromatic carbocycles. The molecule has 5 nitrogen and oxygen atoms in total. The van der Waals surface area contributed by atoms with Gasteiger partial charge in [-0.05, 0) is 48.5 Å². The molecule has 0 aliphatic rings. The number of carbonyl (C=O) groups is 1. The highest BCUT2D eigenvalue weighted by atomic mass is 32.2. The highest BCUT2D eigenvalue weighted by molar-refractivity contribution is 8.00. The summed E-state index contributed by atoms with van der Waals surface area (Å²) in [5.41, 5.74) is 1.14. The number of pyridine rings is 1. The summed E-state index contributed by atoms with van der Waals surface area (Å²) >= 11 is 1.23. The molecule has 128 valence electrons. The zero-order valence-corrected chi connectivity index (χ0v) is 14.6. The SMILES string of the molecule is N#Cc1cccnc1SCC(=O)Nc1ccc(Oc2ccccc2)cc1. The van der Waals surface area contributed by atoms with Crippen LogP contribution in [0.5, 0.6) is 11.5 Å². The fourth-order valence-electron chi connectivity index (χ4n) is 2.15. The van der Waals surface area contributed by atoms with Crippen LogP contribution in [0.4, 0.5) is 5.69 Å². The van der Waals surface area contributed by atoms with Crippen molar-refractivity contribution in [3.63, 3.8) is 0 Å². The maximum Gasteiger partial charge on any atom is 0.234 e. The molecule has 0 saturated carbocycles. The van der Waals surface area contributed by atoms with Crippen molar-refractivity contribution >= 4 is 23.4 Å². The minimum Gasteiger partial charge on any atom is -0.457 e. The maximum absolute atomic E-state index is 12.1. The van der Waals surface area contributed by atoms with Crippen molar-refractivity contribution in [2.45, 2.75) is 5.03 Å². The topological polar surface area (TPSA) is 75.0 Å². The van der Waals surface area contributed by atoms with Gasteiger partial charge >= 0.3 is 0 Å². The zero-order valence-electron chi connectivity index (χ0n) is 13.8. The summed E-state index contributed by atoms with van der Waals surface area (Å²) in [5, 5.41) is 12.4. The second-order valence-electron chi connectivity index (χ2n) is 5.24. The molecule has 0 spiro atoms. The molecule has 1 heterocycles. The summed E-state index contributed by atoms with van der Waals surface area (Å²) in [6, 6.07) is 22.1. The van der Waals surface area contributed by atoms with Crippen molar-refractivity contribution in [2.24, 2.45) is 0 Å². The average molecular weight is 361 g/mol. The molecule has 1 amide bonds. The van der Waals surface area contributed by atoms with Crippen molar-refractivity contribution in [3.05, 3.63) is 78.5 Å². The molecule has 0 radical (unpaired) electrons. The Morgan fingerprint density at radius 1 is 1.04 bits per heavy atom. The number of nitriles is 1. The van der Waals surface area contributed by atoms with E-state index in [4.69, 9.17) is 10.00 Å². The molecular weight excluding hydrogens is 346 g/mol. The van der Waals surface area contributed by atoms with E-state index in [0.29, 0.717) is 22.0 Å². The smallest absolute Gasteiger partial charge is 0.234 e.